The molecule has 0 aromatic heterocycles. The van der Waals surface area contributed by atoms with E-state index in [0.717, 1.165) is 35.3 Å². The van der Waals surface area contributed by atoms with Gasteiger partial charge >= 0.3 is 71.3 Å². The number of hydrogen-bond donors (Lipinski definition) is 2. The van der Waals surface area contributed by atoms with E-state index in [1.165, 1.54) is 11.1 Å². The molecule has 3 nitrogen and oxygen atoms in total. The third-order valence-electron chi connectivity index (χ3n) is 5.85. The van der Waals surface area contributed by atoms with Gasteiger partial charge in [-0.25, -0.2) is 0 Å². The van der Waals surface area contributed by atoms with Gasteiger partial charge in [0.25, 0.3) is 0 Å². The number of aromatic hydroxyl groups is 2. The number of phenols is 2. The predicted molar refractivity (Wildman–Crippen MR) is 164 cm³/mol. The van der Waals surface area contributed by atoms with E-state index >= 15 is 0 Å². The maximum absolute atomic E-state index is 10.7. The van der Waals surface area contributed by atoms with Gasteiger partial charge in [-0.2, -0.15) is 0 Å². The molecule has 218 valence electrons. The van der Waals surface area contributed by atoms with Crippen LogP contribution in [0.4, 0.5) is 0 Å². The zero-order chi connectivity index (χ0) is 28.2. The molecule has 0 saturated heterocycles. The summed E-state index contributed by atoms with van der Waals surface area (Å²) in [7, 11) is 21.7. The van der Waals surface area contributed by atoms with Gasteiger partial charge in [-0.3, -0.25) is 4.90 Å². The summed E-state index contributed by atoms with van der Waals surface area (Å²) in [4.78, 5) is 2.31. The van der Waals surface area contributed by atoms with Gasteiger partial charge in [0.1, 0.15) is 11.5 Å². The van der Waals surface area contributed by atoms with Gasteiger partial charge in [0.05, 0.1) is 0 Å². The Bertz CT molecular complexity index is 794. The second-order valence-electron chi connectivity index (χ2n) is 10.2. The van der Waals surface area contributed by atoms with E-state index in [4.69, 9.17) is 37.2 Å². The minimum absolute atomic E-state index is 0. The molecule has 0 spiro atoms. The van der Waals surface area contributed by atoms with E-state index in [1.54, 1.807) is 0 Å². The molecule has 0 saturated carbocycles. The van der Waals surface area contributed by atoms with E-state index in [0.29, 0.717) is 11.5 Å². The van der Waals surface area contributed by atoms with Crippen molar-refractivity contribution in [3.05, 3.63) is 72.5 Å². The third-order valence-corrected chi connectivity index (χ3v) is 5.85. The van der Waals surface area contributed by atoms with Crippen molar-refractivity contribution in [1.82, 2.24) is 4.90 Å². The summed E-state index contributed by atoms with van der Waals surface area (Å²) in [5.41, 5.74) is 6.57. The summed E-state index contributed by atoms with van der Waals surface area (Å²) in [5.74, 6) is 2.04. The minimum atomic E-state index is -0.556. The first kappa shape index (κ1) is 43.0. The molecule has 0 atom stereocenters. The number of hydrogen-bond acceptors (Lipinski definition) is 3. The Morgan fingerprint density at radius 3 is 0.921 bits per heavy atom. The fourth-order valence-electron chi connectivity index (χ4n) is 4.11. The van der Waals surface area contributed by atoms with Crippen LogP contribution in [0.2, 0.25) is 0 Å². The number of halogens is 4. The van der Waals surface area contributed by atoms with Crippen molar-refractivity contribution in [3.8, 4) is 11.5 Å². The normalized spacial score (nSPS) is 10.4. The summed E-state index contributed by atoms with van der Waals surface area (Å²) < 4.78 is 0. The van der Waals surface area contributed by atoms with Crippen LogP contribution in [0.1, 0.15) is 112 Å². The molecule has 0 amide bonds. The molecule has 2 aromatic rings. The molecule has 0 aliphatic carbocycles. The molecule has 0 aliphatic rings. The first-order valence-corrected chi connectivity index (χ1v) is 20.7. The Balaban J connectivity index is -0.00000140. The maximum atomic E-state index is 10.7. The summed E-state index contributed by atoms with van der Waals surface area (Å²) in [6.45, 7) is 18.7. The Morgan fingerprint density at radius 1 is 0.579 bits per heavy atom. The summed E-state index contributed by atoms with van der Waals surface area (Å²) in [5, 5.41) is 21.4. The van der Waals surface area contributed by atoms with Crippen molar-refractivity contribution in [2.75, 3.05) is 7.05 Å². The number of phenolic OH excluding ortho intramolecular Hbond substituents is 2. The van der Waals surface area contributed by atoms with E-state index < -0.39 is 34.1 Å². The van der Waals surface area contributed by atoms with Gasteiger partial charge in [0.2, 0.25) is 0 Å². The molecule has 0 bridgehead atoms. The van der Waals surface area contributed by atoms with E-state index in [9.17, 15) is 10.2 Å². The standard InChI is InChI=1S/C27H41NO2.2CH3.4ClH.2Ti/c1-16(2)22-10-20(11-23(17(3)4)26(22)29)14-28(9)15-21-12-24(18(5)6)27(30)25(13-21)19(7)8;;;;;;;;/h10-13,16-19,29-30H,14-15H2,1-9H3;2*1H3;4*1H;;/q;2*-1;;;;;2*+2/p-4. The van der Waals surface area contributed by atoms with Gasteiger partial charge in [0.15, 0.2) is 0 Å². The Labute approximate surface area is 267 Å². The summed E-state index contributed by atoms with van der Waals surface area (Å²) in [6, 6.07) is 8.60. The zero-order valence-electron chi connectivity index (χ0n) is 24.9. The predicted octanol–water partition coefficient (Wildman–Crippen LogP) is 10.9. The average molecular weight is 679 g/mol. The molecule has 0 heterocycles. The summed E-state index contributed by atoms with van der Waals surface area (Å²) in [6.07, 6.45) is 0. The van der Waals surface area contributed by atoms with Crippen LogP contribution < -0.4 is 0 Å². The Morgan fingerprint density at radius 2 is 0.763 bits per heavy atom. The first-order valence-electron chi connectivity index (χ1n) is 12.1. The van der Waals surface area contributed by atoms with E-state index in [2.05, 4.69) is 91.6 Å². The molecule has 2 aromatic carbocycles. The molecule has 2 N–H and O–H groups in total. The third kappa shape index (κ3) is 14.5. The molecule has 0 fully saturated rings. The van der Waals surface area contributed by atoms with Crippen LogP contribution in [0.5, 0.6) is 11.5 Å². The SMILES string of the molecule is CC(C)c1cc(CN(C)Cc2cc(C(C)C)c(O)c(C(C)C)c2)cc(C(C)C)c1O.[CH3-].[CH3-].[Cl][Ti][Cl].[Cl][Ti][Cl]. The van der Waals surface area contributed by atoms with Crippen molar-refractivity contribution in [2.24, 2.45) is 0 Å². The molecule has 0 radical (unpaired) electrons. The van der Waals surface area contributed by atoms with Gasteiger partial charge < -0.3 is 25.1 Å². The van der Waals surface area contributed by atoms with Crippen molar-refractivity contribution in [1.29, 1.82) is 0 Å². The van der Waals surface area contributed by atoms with Gasteiger partial charge in [-0.1, -0.05) is 79.7 Å². The van der Waals surface area contributed by atoms with Crippen molar-refractivity contribution in [3.63, 3.8) is 0 Å². The summed E-state index contributed by atoms with van der Waals surface area (Å²) >= 11 is -1.11. The van der Waals surface area contributed by atoms with Crippen molar-refractivity contribution in [2.45, 2.75) is 92.2 Å². The second kappa shape index (κ2) is 22.2. The molecule has 38 heavy (non-hydrogen) atoms. The Hall–Kier alpha value is 0.589. The zero-order valence-corrected chi connectivity index (χ0v) is 31.0. The monoisotopic (exact) mass is 677 g/mol. The van der Waals surface area contributed by atoms with Gasteiger partial charge in [-0.15, -0.1) is 0 Å². The van der Waals surface area contributed by atoms with Crippen LogP contribution in [0.3, 0.4) is 0 Å². The van der Waals surface area contributed by atoms with Crippen LogP contribution in [0, 0.1) is 14.9 Å². The van der Waals surface area contributed by atoms with E-state index in [1.807, 2.05) is 0 Å². The number of rotatable bonds is 8. The first-order chi connectivity index (χ1) is 16.7. The molecular formula is C29H47Cl4NO2Ti2-2. The van der Waals surface area contributed by atoms with Gasteiger partial charge in [0, 0.05) is 13.1 Å². The molecular weight excluding hydrogens is 632 g/mol. The van der Waals surface area contributed by atoms with Crippen LogP contribution in [0.15, 0.2) is 24.3 Å². The fraction of sp³-hybridized carbons (Fsp3) is 0.517. The van der Waals surface area contributed by atoms with E-state index in [-0.39, 0.29) is 38.5 Å². The number of benzene rings is 2. The topological polar surface area (TPSA) is 43.7 Å². The van der Waals surface area contributed by atoms with Crippen LogP contribution in [0.25, 0.3) is 0 Å². The van der Waals surface area contributed by atoms with Crippen LogP contribution >= 0.6 is 37.2 Å². The fourth-order valence-corrected chi connectivity index (χ4v) is 4.11. The average Bonchev–Trinajstić information content (AvgIpc) is 2.76. The molecule has 0 unspecified atom stereocenters. The Kier molecular flexibility index (Phi) is 25.2. The van der Waals surface area contributed by atoms with Gasteiger partial charge in [-0.05, 0) is 64.1 Å². The number of nitrogens with zero attached hydrogens (tertiary/aromatic N) is 1. The molecule has 0 aliphatic heterocycles. The van der Waals surface area contributed by atoms with Crippen molar-refractivity contribution >= 4 is 37.2 Å². The van der Waals surface area contributed by atoms with Crippen molar-refractivity contribution < 1.29 is 44.3 Å². The van der Waals surface area contributed by atoms with Crippen LogP contribution in [-0.4, -0.2) is 22.2 Å². The second-order valence-corrected chi connectivity index (χ2v) is 15.3. The molecule has 2 rings (SSSR count). The quantitative estimate of drug-likeness (QED) is 0.216. The molecule has 9 heteroatoms. The van der Waals surface area contributed by atoms with Crippen LogP contribution in [-0.2, 0) is 47.2 Å².